The van der Waals surface area contributed by atoms with E-state index in [1.54, 1.807) is 12.5 Å². The summed E-state index contributed by atoms with van der Waals surface area (Å²) in [4.78, 5) is 0. The van der Waals surface area contributed by atoms with Gasteiger partial charge in [0.05, 0.1) is 12.5 Å². The molecule has 2 aromatic heterocycles. The van der Waals surface area contributed by atoms with Crippen LogP contribution in [-0.4, -0.2) is 10.2 Å². The first-order chi connectivity index (χ1) is 6.45. The summed E-state index contributed by atoms with van der Waals surface area (Å²) in [5, 5.41) is 9.96. The van der Waals surface area contributed by atoms with Crippen molar-refractivity contribution in [1.82, 2.24) is 10.2 Å². The molecule has 62 valence electrons. The minimum atomic E-state index is 0.843. The predicted molar refractivity (Wildman–Crippen MR) is 49.3 cm³/mol. The molecule has 3 nitrogen and oxygen atoms in total. The van der Waals surface area contributed by atoms with Crippen LogP contribution >= 0.6 is 0 Å². The molecule has 0 bridgehead atoms. The van der Waals surface area contributed by atoms with Crippen LogP contribution in [0.2, 0.25) is 0 Å². The van der Waals surface area contributed by atoms with Gasteiger partial charge in [-0.25, -0.2) is 0 Å². The van der Waals surface area contributed by atoms with E-state index in [1.807, 2.05) is 24.3 Å². The van der Waals surface area contributed by atoms with Gasteiger partial charge < -0.3 is 4.42 Å². The van der Waals surface area contributed by atoms with Crippen LogP contribution < -0.4 is 0 Å². The van der Waals surface area contributed by atoms with Crippen LogP contribution in [0.25, 0.3) is 21.9 Å². The van der Waals surface area contributed by atoms with Crippen molar-refractivity contribution >= 4 is 21.9 Å². The minimum absolute atomic E-state index is 0.843. The van der Waals surface area contributed by atoms with Crippen molar-refractivity contribution in [2.45, 2.75) is 0 Å². The molecule has 1 aromatic carbocycles. The molecule has 0 N–H and O–H groups in total. The maximum absolute atomic E-state index is 5.32. The molecule has 3 aromatic rings. The average Bonchev–Trinajstić information content (AvgIpc) is 2.65. The van der Waals surface area contributed by atoms with Crippen molar-refractivity contribution in [2.24, 2.45) is 0 Å². The molecule has 0 aliphatic carbocycles. The highest BCUT2D eigenvalue weighted by atomic mass is 16.3. The lowest BCUT2D eigenvalue weighted by Gasteiger charge is -1.95. The number of hydrogen-bond donors (Lipinski definition) is 0. The number of hydrogen-bond acceptors (Lipinski definition) is 3. The molecule has 0 spiro atoms. The standard InChI is InChI=1S/C10H6N2O/c1-2-8-9(13-5-1)4-3-7-6-11-12-10(7)8/h1-6H. The zero-order valence-corrected chi connectivity index (χ0v) is 6.77. The summed E-state index contributed by atoms with van der Waals surface area (Å²) < 4.78 is 5.32. The van der Waals surface area contributed by atoms with E-state index in [2.05, 4.69) is 10.2 Å². The topological polar surface area (TPSA) is 38.9 Å². The van der Waals surface area contributed by atoms with Crippen LogP contribution in [0.5, 0.6) is 0 Å². The molecular formula is C10H6N2O. The quantitative estimate of drug-likeness (QED) is 0.520. The number of benzene rings is 1. The molecule has 13 heavy (non-hydrogen) atoms. The highest BCUT2D eigenvalue weighted by molar-refractivity contribution is 6.02. The van der Waals surface area contributed by atoms with Crippen molar-refractivity contribution in [3.05, 3.63) is 36.7 Å². The van der Waals surface area contributed by atoms with E-state index in [0.29, 0.717) is 0 Å². The molecule has 3 heteroatoms. The van der Waals surface area contributed by atoms with E-state index in [9.17, 15) is 0 Å². The van der Waals surface area contributed by atoms with Crippen LogP contribution in [0.3, 0.4) is 0 Å². The van der Waals surface area contributed by atoms with E-state index in [1.165, 1.54) is 0 Å². The highest BCUT2D eigenvalue weighted by Gasteiger charge is 2.02. The first-order valence-corrected chi connectivity index (χ1v) is 4.03. The lowest BCUT2D eigenvalue weighted by Crippen LogP contribution is -1.74. The molecule has 0 amide bonds. The van der Waals surface area contributed by atoms with Gasteiger partial charge in [-0.05, 0) is 24.3 Å². The fourth-order valence-corrected chi connectivity index (χ4v) is 1.48. The van der Waals surface area contributed by atoms with E-state index in [0.717, 1.165) is 21.9 Å². The summed E-state index contributed by atoms with van der Waals surface area (Å²) >= 11 is 0. The summed E-state index contributed by atoms with van der Waals surface area (Å²) in [7, 11) is 0. The maximum Gasteiger partial charge on any atom is 0.136 e. The maximum atomic E-state index is 5.32. The fraction of sp³-hybridized carbons (Fsp3) is 0. The van der Waals surface area contributed by atoms with Crippen LogP contribution in [0.15, 0.2) is 41.1 Å². The highest BCUT2D eigenvalue weighted by Crippen LogP contribution is 2.22. The van der Waals surface area contributed by atoms with E-state index in [4.69, 9.17) is 4.42 Å². The first-order valence-electron chi connectivity index (χ1n) is 4.03. The van der Waals surface area contributed by atoms with Gasteiger partial charge in [0.1, 0.15) is 11.1 Å². The third-order valence-electron chi connectivity index (χ3n) is 2.10. The summed E-state index contributed by atoms with van der Waals surface area (Å²) in [6.07, 6.45) is 3.41. The molecule has 0 aliphatic rings. The SMILES string of the molecule is c1coc2ccc3cnnc3c2c1. The van der Waals surface area contributed by atoms with Gasteiger partial charge in [0.25, 0.3) is 0 Å². The Bertz CT molecular complexity index is 571. The van der Waals surface area contributed by atoms with Crippen LogP contribution in [0, 0.1) is 0 Å². The van der Waals surface area contributed by atoms with Crippen molar-refractivity contribution in [3.63, 3.8) is 0 Å². The number of rotatable bonds is 0. The lowest BCUT2D eigenvalue weighted by molar-refractivity contribution is 0.604. The normalized spacial score (nSPS) is 11.1. The summed E-state index contributed by atoms with van der Waals surface area (Å²) in [6.45, 7) is 0. The average molecular weight is 170 g/mol. The number of nitrogens with zero attached hydrogens (tertiary/aromatic N) is 2. The number of aromatic nitrogens is 2. The Morgan fingerprint density at radius 2 is 2.15 bits per heavy atom. The van der Waals surface area contributed by atoms with Gasteiger partial charge in [-0.2, -0.15) is 5.10 Å². The molecule has 0 aliphatic heterocycles. The smallest absolute Gasteiger partial charge is 0.136 e. The summed E-state index contributed by atoms with van der Waals surface area (Å²) in [6, 6.07) is 7.73. The van der Waals surface area contributed by atoms with Crippen molar-refractivity contribution in [3.8, 4) is 0 Å². The van der Waals surface area contributed by atoms with Crippen molar-refractivity contribution in [2.75, 3.05) is 0 Å². The summed E-state index contributed by atoms with van der Waals surface area (Å²) in [5.41, 5.74) is 1.75. The van der Waals surface area contributed by atoms with Crippen LogP contribution in [0.4, 0.5) is 0 Å². The minimum Gasteiger partial charge on any atom is -0.464 e. The third kappa shape index (κ3) is 0.839. The van der Waals surface area contributed by atoms with Crippen LogP contribution in [-0.2, 0) is 0 Å². The van der Waals surface area contributed by atoms with Gasteiger partial charge in [-0.1, -0.05) is 0 Å². The predicted octanol–water partition coefficient (Wildman–Crippen LogP) is 2.38. The number of fused-ring (bicyclic) bond motifs is 3. The van der Waals surface area contributed by atoms with Crippen molar-refractivity contribution in [1.29, 1.82) is 0 Å². The largest absolute Gasteiger partial charge is 0.464 e. The fourth-order valence-electron chi connectivity index (χ4n) is 1.48. The van der Waals surface area contributed by atoms with Crippen LogP contribution in [0.1, 0.15) is 0 Å². The monoisotopic (exact) mass is 170 g/mol. The molecular weight excluding hydrogens is 164 g/mol. The second-order valence-electron chi connectivity index (χ2n) is 2.87. The first kappa shape index (κ1) is 6.60. The second-order valence-corrected chi connectivity index (χ2v) is 2.87. The Kier molecular flexibility index (Phi) is 1.16. The zero-order chi connectivity index (χ0) is 8.67. The Balaban J connectivity index is 2.65. The molecule has 0 fully saturated rings. The van der Waals surface area contributed by atoms with E-state index in [-0.39, 0.29) is 0 Å². The second kappa shape index (κ2) is 2.29. The molecule has 0 unspecified atom stereocenters. The van der Waals surface area contributed by atoms with Gasteiger partial charge in [0, 0.05) is 10.8 Å². The molecule has 2 heterocycles. The molecule has 0 saturated heterocycles. The van der Waals surface area contributed by atoms with E-state index < -0.39 is 0 Å². The van der Waals surface area contributed by atoms with E-state index >= 15 is 0 Å². The van der Waals surface area contributed by atoms with Gasteiger partial charge in [0.2, 0.25) is 0 Å². The van der Waals surface area contributed by atoms with Gasteiger partial charge in [0.15, 0.2) is 0 Å². The Morgan fingerprint density at radius 3 is 3.15 bits per heavy atom. The Morgan fingerprint density at radius 1 is 1.15 bits per heavy atom. The Hall–Kier alpha value is -1.90. The lowest BCUT2D eigenvalue weighted by atomic mass is 10.2. The van der Waals surface area contributed by atoms with Gasteiger partial charge >= 0.3 is 0 Å². The molecule has 3 rings (SSSR count). The van der Waals surface area contributed by atoms with Crippen molar-refractivity contribution < 1.29 is 4.42 Å². The molecule has 0 radical (unpaired) electrons. The Labute approximate surface area is 74.0 Å². The third-order valence-corrected chi connectivity index (χ3v) is 2.10. The molecule has 0 saturated carbocycles. The molecule has 0 atom stereocenters. The van der Waals surface area contributed by atoms with Gasteiger partial charge in [-0.3, -0.25) is 0 Å². The van der Waals surface area contributed by atoms with Gasteiger partial charge in [-0.15, -0.1) is 5.10 Å². The zero-order valence-electron chi connectivity index (χ0n) is 6.77. The summed E-state index contributed by atoms with van der Waals surface area (Å²) in [5.74, 6) is 0.